The zero-order valence-corrected chi connectivity index (χ0v) is 9.01. The van der Waals surface area contributed by atoms with Crippen molar-refractivity contribution in [3.8, 4) is 0 Å². The molecule has 0 aromatic rings. The first-order valence-electron chi connectivity index (χ1n) is 5.14. The Kier molecular flexibility index (Phi) is 3.51. The summed E-state index contributed by atoms with van der Waals surface area (Å²) in [6.07, 6.45) is 4.22. The summed E-state index contributed by atoms with van der Waals surface area (Å²) in [5.41, 5.74) is 0.873. The highest BCUT2D eigenvalue weighted by molar-refractivity contribution is 5.09. The molecule has 2 heteroatoms. The first-order chi connectivity index (χ1) is 6.01. The van der Waals surface area contributed by atoms with Gasteiger partial charge in [-0.3, -0.25) is 4.90 Å². The largest absolute Gasteiger partial charge is 0.390 e. The third-order valence-electron chi connectivity index (χ3n) is 2.49. The summed E-state index contributed by atoms with van der Waals surface area (Å²) in [6.45, 7) is 9.28. The van der Waals surface area contributed by atoms with E-state index in [9.17, 15) is 5.11 Å². The van der Waals surface area contributed by atoms with Crippen LogP contribution in [0.15, 0.2) is 11.6 Å². The fourth-order valence-electron chi connectivity index (χ4n) is 1.76. The van der Waals surface area contributed by atoms with Crippen LogP contribution in [0.2, 0.25) is 0 Å². The zero-order chi connectivity index (χ0) is 9.90. The molecule has 0 spiro atoms. The van der Waals surface area contributed by atoms with Crippen molar-refractivity contribution in [3.63, 3.8) is 0 Å². The third-order valence-corrected chi connectivity index (χ3v) is 2.49. The lowest BCUT2D eigenvalue weighted by molar-refractivity contribution is 0.0788. The lowest BCUT2D eigenvalue weighted by Crippen LogP contribution is -2.30. The van der Waals surface area contributed by atoms with E-state index in [2.05, 4.69) is 17.9 Å². The van der Waals surface area contributed by atoms with Crippen LogP contribution in [-0.2, 0) is 0 Å². The van der Waals surface area contributed by atoms with Gasteiger partial charge in [-0.1, -0.05) is 18.6 Å². The predicted molar refractivity (Wildman–Crippen MR) is 55.7 cm³/mol. The maximum absolute atomic E-state index is 9.64. The Hall–Kier alpha value is -0.340. The van der Waals surface area contributed by atoms with Crippen LogP contribution in [0.1, 0.15) is 33.6 Å². The van der Waals surface area contributed by atoms with Crippen LogP contribution >= 0.6 is 0 Å². The van der Waals surface area contributed by atoms with Gasteiger partial charge >= 0.3 is 0 Å². The molecule has 0 unspecified atom stereocenters. The molecule has 0 aliphatic carbocycles. The lowest BCUT2D eigenvalue weighted by atomic mass is 9.94. The number of hydrogen-bond donors (Lipinski definition) is 1. The molecule has 1 N–H and O–H groups in total. The van der Waals surface area contributed by atoms with E-state index < -0.39 is 5.60 Å². The molecular formula is C11H21NO. The molecule has 2 nitrogen and oxygen atoms in total. The summed E-state index contributed by atoms with van der Waals surface area (Å²) >= 11 is 0. The van der Waals surface area contributed by atoms with Gasteiger partial charge in [0.05, 0.1) is 5.60 Å². The summed E-state index contributed by atoms with van der Waals surface area (Å²) in [5, 5.41) is 9.64. The fourth-order valence-corrected chi connectivity index (χ4v) is 1.76. The van der Waals surface area contributed by atoms with Crippen molar-refractivity contribution in [1.82, 2.24) is 4.90 Å². The summed E-state index contributed by atoms with van der Waals surface area (Å²) in [7, 11) is 0. The van der Waals surface area contributed by atoms with Gasteiger partial charge < -0.3 is 5.11 Å². The number of nitrogens with zero attached hydrogens (tertiary/aromatic N) is 1. The van der Waals surface area contributed by atoms with Crippen LogP contribution in [0.25, 0.3) is 0 Å². The van der Waals surface area contributed by atoms with Crippen molar-refractivity contribution in [2.45, 2.75) is 39.2 Å². The quantitative estimate of drug-likeness (QED) is 0.674. The summed E-state index contributed by atoms with van der Waals surface area (Å²) in [5.74, 6) is 0. The van der Waals surface area contributed by atoms with E-state index in [-0.39, 0.29) is 0 Å². The second-order valence-electron chi connectivity index (χ2n) is 4.49. The SMILES string of the molecule is CCN1CC=C(CC(C)(C)O)CC1. The van der Waals surface area contributed by atoms with Crippen LogP contribution in [0.5, 0.6) is 0 Å². The Morgan fingerprint density at radius 2 is 2.23 bits per heavy atom. The topological polar surface area (TPSA) is 23.5 Å². The maximum atomic E-state index is 9.64. The Morgan fingerprint density at radius 3 is 2.62 bits per heavy atom. The first-order valence-corrected chi connectivity index (χ1v) is 5.14. The Labute approximate surface area is 81.2 Å². The third kappa shape index (κ3) is 3.92. The molecule has 0 fully saturated rings. The monoisotopic (exact) mass is 183 g/mol. The van der Waals surface area contributed by atoms with Gasteiger partial charge in [-0.25, -0.2) is 0 Å². The van der Waals surface area contributed by atoms with Gasteiger partial charge in [-0.05, 0) is 33.2 Å². The molecular weight excluding hydrogens is 162 g/mol. The smallest absolute Gasteiger partial charge is 0.0628 e. The van der Waals surface area contributed by atoms with Crippen LogP contribution < -0.4 is 0 Å². The molecule has 1 aliphatic rings. The number of hydrogen-bond acceptors (Lipinski definition) is 2. The van der Waals surface area contributed by atoms with Crippen LogP contribution in [0.3, 0.4) is 0 Å². The molecule has 13 heavy (non-hydrogen) atoms. The van der Waals surface area contributed by atoms with Crippen LogP contribution in [0.4, 0.5) is 0 Å². The van der Waals surface area contributed by atoms with Crippen molar-refractivity contribution >= 4 is 0 Å². The van der Waals surface area contributed by atoms with Gasteiger partial charge in [-0.2, -0.15) is 0 Å². The minimum atomic E-state index is -0.541. The molecule has 0 radical (unpaired) electrons. The molecule has 0 aromatic carbocycles. The van der Waals surface area contributed by atoms with E-state index in [1.165, 1.54) is 5.57 Å². The summed E-state index contributed by atoms with van der Waals surface area (Å²) in [6, 6.07) is 0. The fraction of sp³-hybridized carbons (Fsp3) is 0.818. The molecule has 0 amide bonds. The average molecular weight is 183 g/mol. The number of rotatable bonds is 3. The van der Waals surface area contributed by atoms with Crippen molar-refractivity contribution in [3.05, 3.63) is 11.6 Å². The van der Waals surface area contributed by atoms with Gasteiger partial charge in [0.15, 0.2) is 0 Å². The van der Waals surface area contributed by atoms with Crippen LogP contribution in [-0.4, -0.2) is 35.2 Å². The van der Waals surface area contributed by atoms with E-state index in [0.29, 0.717) is 0 Å². The number of aliphatic hydroxyl groups is 1. The minimum Gasteiger partial charge on any atom is -0.390 e. The highest BCUT2D eigenvalue weighted by Gasteiger charge is 2.17. The Bertz CT molecular complexity index is 191. The maximum Gasteiger partial charge on any atom is 0.0628 e. The molecule has 1 rings (SSSR count). The normalized spacial score (nSPS) is 20.2. The van der Waals surface area contributed by atoms with E-state index in [1.54, 1.807) is 0 Å². The van der Waals surface area contributed by atoms with Crippen molar-refractivity contribution in [1.29, 1.82) is 0 Å². The van der Waals surface area contributed by atoms with Crippen molar-refractivity contribution < 1.29 is 5.11 Å². The summed E-state index contributed by atoms with van der Waals surface area (Å²) < 4.78 is 0. The first kappa shape index (κ1) is 10.7. The van der Waals surface area contributed by atoms with Crippen molar-refractivity contribution in [2.24, 2.45) is 0 Å². The average Bonchev–Trinajstić information content (AvgIpc) is 2.03. The molecule has 0 saturated heterocycles. The van der Waals surface area contributed by atoms with Gasteiger partial charge in [0.25, 0.3) is 0 Å². The van der Waals surface area contributed by atoms with Crippen molar-refractivity contribution in [2.75, 3.05) is 19.6 Å². The molecule has 1 aliphatic heterocycles. The molecule has 1 heterocycles. The highest BCUT2D eigenvalue weighted by atomic mass is 16.3. The molecule has 76 valence electrons. The standard InChI is InChI=1S/C11H21NO/c1-4-12-7-5-10(6-8-12)9-11(2,3)13/h5,13H,4,6-9H2,1-3H3. The molecule has 0 saturated carbocycles. The predicted octanol–water partition coefficient (Wildman–Crippen LogP) is 1.80. The van der Waals surface area contributed by atoms with E-state index in [1.807, 2.05) is 13.8 Å². The Balaban J connectivity index is 2.42. The molecule has 0 atom stereocenters. The van der Waals surface area contributed by atoms with Gasteiger partial charge in [-0.15, -0.1) is 0 Å². The second kappa shape index (κ2) is 4.25. The second-order valence-corrected chi connectivity index (χ2v) is 4.49. The zero-order valence-electron chi connectivity index (χ0n) is 9.01. The molecule has 0 bridgehead atoms. The molecule has 0 aromatic heterocycles. The summed E-state index contributed by atoms with van der Waals surface area (Å²) in [4.78, 5) is 2.41. The van der Waals surface area contributed by atoms with E-state index in [4.69, 9.17) is 0 Å². The Morgan fingerprint density at radius 1 is 1.54 bits per heavy atom. The highest BCUT2D eigenvalue weighted by Crippen LogP contribution is 2.21. The minimum absolute atomic E-state index is 0.541. The van der Waals surface area contributed by atoms with Gasteiger partial charge in [0.2, 0.25) is 0 Å². The van der Waals surface area contributed by atoms with Gasteiger partial charge in [0.1, 0.15) is 0 Å². The van der Waals surface area contributed by atoms with Gasteiger partial charge in [0, 0.05) is 13.1 Å². The van der Waals surface area contributed by atoms with E-state index >= 15 is 0 Å². The number of likely N-dealkylation sites (N-methyl/N-ethyl adjacent to an activating group) is 1. The van der Waals surface area contributed by atoms with Crippen LogP contribution in [0, 0.1) is 0 Å². The van der Waals surface area contributed by atoms with E-state index in [0.717, 1.165) is 32.5 Å². The lowest BCUT2D eigenvalue weighted by Gasteiger charge is -2.27.